The third-order valence-electron chi connectivity index (χ3n) is 3.15. The normalized spacial score (nSPS) is 11.5. The Labute approximate surface area is 135 Å². The molecule has 0 fully saturated rings. The predicted octanol–water partition coefficient (Wildman–Crippen LogP) is 4.43. The van der Waals surface area contributed by atoms with Crippen LogP contribution < -0.4 is 9.64 Å². The van der Waals surface area contributed by atoms with Gasteiger partial charge in [0, 0.05) is 17.0 Å². The fourth-order valence-electron chi connectivity index (χ4n) is 2.22. The van der Waals surface area contributed by atoms with Crippen LogP contribution in [0.5, 0.6) is 5.75 Å². The summed E-state index contributed by atoms with van der Waals surface area (Å²) in [6.07, 6.45) is 0.235. The molecule has 1 heterocycles. The van der Waals surface area contributed by atoms with Crippen molar-refractivity contribution in [2.75, 3.05) is 12.0 Å². The first kappa shape index (κ1) is 16.5. The molecule has 0 spiro atoms. The van der Waals surface area contributed by atoms with E-state index in [4.69, 9.17) is 4.74 Å². The number of rotatable bonds is 2. The lowest BCUT2D eigenvalue weighted by molar-refractivity contribution is 0.195. The number of aromatic nitrogens is 1. The van der Waals surface area contributed by atoms with Crippen LogP contribution in [-0.2, 0) is 0 Å². The van der Waals surface area contributed by atoms with Crippen molar-refractivity contribution in [3.05, 3.63) is 28.6 Å². The highest BCUT2D eigenvalue weighted by atomic mass is 79.9. The van der Waals surface area contributed by atoms with Gasteiger partial charge in [0.15, 0.2) is 5.82 Å². The maximum absolute atomic E-state index is 14.0. The molecule has 2 rings (SSSR count). The SMILES string of the molecule is COc1cc(F)c2ncc(N(C(=O)O)C(C)(C)C)c(Br)c2c1. The molecule has 5 nitrogen and oxygen atoms in total. The molecule has 1 aromatic carbocycles. The summed E-state index contributed by atoms with van der Waals surface area (Å²) in [5, 5.41) is 9.94. The van der Waals surface area contributed by atoms with Crippen molar-refractivity contribution < 1.29 is 19.0 Å². The number of halogens is 2. The molecule has 22 heavy (non-hydrogen) atoms. The minimum absolute atomic E-state index is 0.149. The van der Waals surface area contributed by atoms with E-state index >= 15 is 0 Å². The molecular formula is C15H16BrFN2O3. The van der Waals surface area contributed by atoms with Crippen molar-refractivity contribution >= 4 is 38.6 Å². The van der Waals surface area contributed by atoms with Crippen molar-refractivity contribution in [3.8, 4) is 5.75 Å². The molecular weight excluding hydrogens is 355 g/mol. The maximum atomic E-state index is 14.0. The molecule has 0 saturated heterocycles. The molecule has 118 valence electrons. The quantitative estimate of drug-likeness (QED) is 0.849. The Hall–Kier alpha value is -1.89. The van der Waals surface area contributed by atoms with Crippen molar-refractivity contribution in [2.45, 2.75) is 26.3 Å². The number of fused-ring (bicyclic) bond motifs is 1. The standard InChI is InChI=1S/C15H16BrFN2O3/c1-15(2,3)19(14(20)21)11-7-18-13-9(12(11)16)5-8(22-4)6-10(13)17/h5-7H,1-4H3,(H,20,21). The Kier molecular flexibility index (Phi) is 4.28. The zero-order valence-electron chi connectivity index (χ0n) is 12.6. The summed E-state index contributed by atoms with van der Waals surface area (Å²) in [5.74, 6) is -0.193. The molecule has 2 aromatic rings. The first-order valence-electron chi connectivity index (χ1n) is 6.51. The molecule has 0 atom stereocenters. The number of carbonyl (C=O) groups is 1. The van der Waals surface area contributed by atoms with Crippen LogP contribution in [0.2, 0.25) is 0 Å². The highest BCUT2D eigenvalue weighted by Crippen LogP contribution is 2.37. The van der Waals surface area contributed by atoms with Gasteiger partial charge in [-0.05, 0) is 42.8 Å². The van der Waals surface area contributed by atoms with E-state index in [1.54, 1.807) is 26.8 Å². The van der Waals surface area contributed by atoms with Crippen LogP contribution in [0, 0.1) is 5.82 Å². The highest BCUT2D eigenvalue weighted by molar-refractivity contribution is 9.10. The minimum atomic E-state index is -1.11. The Bertz CT molecular complexity index is 744. The fraction of sp³-hybridized carbons (Fsp3) is 0.333. The Balaban J connectivity index is 2.76. The third kappa shape index (κ3) is 2.85. The fourth-order valence-corrected chi connectivity index (χ4v) is 2.80. The van der Waals surface area contributed by atoms with Gasteiger partial charge in [-0.25, -0.2) is 9.18 Å². The Morgan fingerprint density at radius 1 is 1.41 bits per heavy atom. The molecule has 0 unspecified atom stereocenters. The largest absolute Gasteiger partial charge is 0.497 e. The number of methoxy groups -OCH3 is 1. The van der Waals surface area contributed by atoms with E-state index in [2.05, 4.69) is 20.9 Å². The average molecular weight is 371 g/mol. The van der Waals surface area contributed by atoms with Gasteiger partial charge in [0.25, 0.3) is 0 Å². The predicted molar refractivity (Wildman–Crippen MR) is 86.2 cm³/mol. The monoisotopic (exact) mass is 370 g/mol. The zero-order chi connectivity index (χ0) is 16.7. The van der Waals surface area contributed by atoms with Gasteiger partial charge < -0.3 is 9.84 Å². The molecule has 1 aromatic heterocycles. The average Bonchev–Trinajstić information content (AvgIpc) is 2.40. The van der Waals surface area contributed by atoms with E-state index in [1.807, 2.05) is 0 Å². The number of anilines is 1. The second-order valence-corrected chi connectivity index (χ2v) is 6.54. The van der Waals surface area contributed by atoms with E-state index in [1.165, 1.54) is 24.3 Å². The summed E-state index contributed by atoms with van der Waals surface area (Å²) in [6.45, 7) is 5.30. The van der Waals surface area contributed by atoms with Crippen LogP contribution in [0.25, 0.3) is 10.9 Å². The molecule has 0 saturated carbocycles. The molecule has 0 radical (unpaired) electrons. The van der Waals surface area contributed by atoms with Crippen molar-refractivity contribution in [1.82, 2.24) is 4.98 Å². The van der Waals surface area contributed by atoms with Gasteiger partial charge >= 0.3 is 6.09 Å². The van der Waals surface area contributed by atoms with E-state index < -0.39 is 17.4 Å². The topological polar surface area (TPSA) is 62.7 Å². The number of hydrogen-bond acceptors (Lipinski definition) is 3. The molecule has 0 bridgehead atoms. The summed E-state index contributed by atoms with van der Waals surface area (Å²) in [7, 11) is 1.44. The van der Waals surface area contributed by atoms with E-state index in [0.29, 0.717) is 21.3 Å². The minimum Gasteiger partial charge on any atom is -0.497 e. The number of hydrogen-bond donors (Lipinski definition) is 1. The van der Waals surface area contributed by atoms with Gasteiger partial charge in [0.1, 0.15) is 11.3 Å². The molecule has 1 amide bonds. The number of ether oxygens (including phenoxy) is 1. The number of amides is 1. The number of pyridine rings is 1. The molecule has 7 heteroatoms. The Morgan fingerprint density at radius 2 is 2.05 bits per heavy atom. The summed E-state index contributed by atoms with van der Waals surface area (Å²) in [6, 6.07) is 2.85. The van der Waals surface area contributed by atoms with Gasteiger partial charge in [0.05, 0.1) is 23.5 Å². The number of nitrogens with zero attached hydrogens (tertiary/aromatic N) is 2. The molecule has 0 aliphatic heterocycles. The summed E-state index contributed by atoms with van der Waals surface area (Å²) >= 11 is 3.37. The van der Waals surface area contributed by atoms with Crippen LogP contribution in [0.15, 0.2) is 22.8 Å². The van der Waals surface area contributed by atoms with Gasteiger partial charge in [-0.15, -0.1) is 0 Å². The van der Waals surface area contributed by atoms with Crippen LogP contribution >= 0.6 is 15.9 Å². The van der Waals surface area contributed by atoms with Crippen molar-refractivity contribution in [2.24, 2.45) is 0 Å². The van der Waals surface area contributed by atoms with Crippen molar-refractivity contribution in [1.29, 1.82) is 0 Å². The van der Waals surface area contributed by atoms with Gasteiger partial charge in [-0.1, -0.05) is 0 Å². The lowest BCUT2D eigenvalue weighted by atomic mass is 10.1. The molecule has 0 aliphatic carbocycles. The highest BCUT2D eigenvalue weighted by Gasteiger charge is 2.30. The first-order valence-corrected chi connectivity index (χ1v) is 7.31. The zero-order valence-corrected chi connectivity index (χ0v) is 14.2. The molecule has 0 aliphatic rings. The summed E-state index contributed by atoms with van der Waals surface area (Å²) < 4.78 is 19.6. The third-order valence-corrected chi connectivity index (χ3v) is 3.99. The van der Waals surface area contributed by atoms with Crippen LogP contribution in [-0.4, -0.2) is 28.8 Å². The van der Waals surface area contributed by atoms with E-state index in [0.717, 1.165) is 0 Å². The van der Waals surface area contributed by atoms with Gasteiger partial charge in [-0.2, -0.15) is 0 Å². The van der Waals surface area contributed by atoms with E-state index in [9.17, 15) is 14.3 Å². The molecule has 1 N–H and O–H groups in total. The summed E-state index contributed by atoms with van der Waals surface area (Å²) in [4.78, 5) is 16.9. The van der Waals surface area contributed by atoms with E-state index in [-0.39, 0.29) is 5.52 Å². The maximum Gasteiger partial charge on any atom is 0.412 e. The van der Waals surface area contributed by atoms with Gasteiger partial charge in [0.2, 0.25) is 0 Å². The first-order chi connectivity index (χ1) is 10.2. The van der Waals surface area contributed by atoms with Gasteiger partial charge in [-0.3, -0.25) is 9.88 Å². The smallest absolute Gasteiger partial charge is 0.412 e. The van der Waals surface area contributed by atoms with Crippen LogP contribution in [0.1, 0.15) is 20.8 Å². The lowest BCUT2D eigenvalue weighted by Gasteiger charge is -2.33. The number of carboxylic acid groups (broad SMARTS) is 1. The summed E-state index contributed by atoms with van der Waals surface area (Å²) in [5.41, 5.74) is -0.183. The second kappa shape index (κ2) is 5.72. The second-order valence-electron chi connectivity index (χ2n) is 5.75. The van der Waals surface area contributed by atoms with Crippen LogP contribution in [0.4, 0.5) is 14.9 Å². The number of benzene rings is 1. The lowest BCUT2D eigenvalue weighted by Crippen LogP contribution is -2.45. The Morgan fingerprint density at radius 3 is 2.55 bits per heavy atom. The van der Waals surface area contributed by atoms with Crippen molar-refractivity contribution in [3.63, 3.8) is 0 Å². The van der Waals surface area contributed by atoms with Crippen LogP contribution in [0.3, 0.4) is 0 Å².